The number of fused-ring (bicyclic) bond motifs is 1. The van der Waals surface area contributed by atoms with Crippen molar-refractivity contribution in [3.8, 4) is 11.8 Å². The zero-order chi connectivity index (χ0) is 21.3. The van der Waals surface area contributed by atoms with E-state index in [-0.39, 0.29) is 25.5 Å². The number of hydrogen-bond donors (Lipinski definition) is 0. The van der Waals surface area contributed by atoms with Gasteiger partial charge in [0, 0.05) is 6.20 Å². The van der Waals surface area contributed by atoms with Crippen molar-refractivity contribution in [3.05, 3.63) is 59.5 Å². The molecule has 10 heteroatoms. The van der Waals surface area contributed by atoms with E-state index >= 15 is 0 Å². The third-order valence-corrected chi connectivity index (χ3v) is 4.90. The van der Waals surface area contributed by atoms with Crippen molar-refractivity contribution in [1.29, 1.82) is 0 Å². The van der Waals surface area contributed by atoms with E-state index in [0.717, 1.165) is 5.56 Å². The summed E-state index contributed by atoms with van der Waals surface area (Å²) in [6.07, 6.45) is 4.62. The second-order valence-corrected chi connectivity index (χ2v) is 6.78. The highest BCUT2D eigenvalue weighted by molar-refractivity contribution is 7.59. The number of nitrogens with zero attached hydrogens (tertiary/aromatic N) is 6. The summed E-state index contributed by atoms with van der Waals surface area (Å²) in [6.45, 7) is 6.18. The standard InChI is InChI=1S/C21H22N6O3.H2S/c1-5-30-20(28)15-10-22-26(12-15)21-24-17-11-23-27(18(17)19(25-21)29-4)14(3)16-9-7-6-8-13(16)2;/h6-12,14H,5H2,1-4H3;1H2/t14-;/m0./s1. The molecule has 0 saturated heterocycles. The van der Waals surface area contributed by atoms with E-state index in [0.29, 0.717) is 29.1 Å². The number of benzene rings is 1. The molecule has 0 aliphatic rings. The predicted octanol–water partition coefficient (Wildman–Crippen LogP) is 3.23. The maximum atomic E-state index is 11.9. The van der Waals surface area contributed by atoms with E-state index < -0.39 is 5.97 Å². The van der Waals surface area contributed by atoms with Gasteiger partial charge in [0.25, 0.3) is 5.95 Å². The second kappa shape index (κ2) is 9.17. The monoisotopic (exact) mass is 440 g/mol. The van der Waals surface area contributed by atoms with E-state index in [1.165, 1.54) is 22.6 Å². The number of esters is 1. The van der Waals surface area contributed by atoms with Crippen molar-refractivity contribution < 1.29 is 14.3 Å². The van der Waals surface area contributed by atoms with Crippen LogP contribution in [0.15, 0.2) is 42.9 Å². The fraction of sp³-hybridized carbons (Fsp3) is 0.286. The number of ether oxygens (including phenoxy) is 2. The summed E-state index contributed by atoms with van der Waals surface area (Å²) in [5, 5.41) is 8.73. The number of aryl methyl sites for hydroxylation is 1. The molecule has 162 valence electrons. The molecule has 0 fully saturated rings. The molecule has 1 atom stereocenters. The number of aromatic nitrogens is 6. The van der Waals surface area contributed by atoms with Gasteiger partial charge in [0.1, 0.15) is 11.0 Å². The van der Waals surface area contributed by atoms with E-state index in [4.69, 9.17) is 9.47 Å². The summed E-state index contributed by atoms with van der Waals surface area (Å²) >= 11 is 0. The first-order chi connectivity index (χ1) is 14.5. The Bertz CT molecular complexity index is 1220. The van der Waals surface area contributed by atoms with Gasteiger partial charge in [-0.2, -0.15) is 28.7 Å². The zero-order valence-electron chi connectivity index (χ0n) is 17.7. The van der Waals surface area contributed by atoms with Crippen molar-refractivity contribution >= 4 is 30.5 Å². The lowest BCUT2D eigenvalue weighted by atomic mass is 10.0. The average Bonchev–Trinajstić information content (AvgIpc) is 3.40. The Hall–Kier alpha value is -3.40. The topological polar surface area (TPSA) is 97.0 Å². The van der Waals surface area contributed by atoms with E-state index in [1.807, 2.05) is 16.8 Å². The Morgan fingerprint density at radius 2 is 1.94 bits per heavy atom. The molecule has 0 unspecified atom stereocenters. The zero-order valence-corrected chi connectivity index (χ0v) is 18.7. The number of carbonyl (C=O) groups excluding carboxylic acids is 1. The Morgan fingerprint density at radius 1 is 1.16 bits per heavy atom. The van der Waals surface area contributed by atoms with Crippen LogP contribution in [-0.4, -0.2) is 49.2 Å². The number of hydrogen-bond acceptors (Lipinski definition) is 7. The maximum Gasteiger partial charge on any atom is 0.341 e. The van der Waals surface area contributed by atoms with Crippen LogP contribution in [0.1, 0.15) is 41.4 Å². The van der Waals surface area contributed by atoms with Crippen LogP contribution in [0.3, 0.4) is 0 Å². The summed E-state index contributed by atoms with van der Waals surface area (Å²) in [6, 6.07) is 8.14. The summed E-state index contributed by atoms with van der Waals surface area (Å²) in [5.74, 6) is 0.204. The average molecular weight is 441 g/mol. The van der Waals surface area contributed by atoms with Gasteiger partial charge in [0.2, 0.25) is 5.88 Å². The molecule has 0 radical (unpaired) electrons. The van der Waals surface area contributed by atoms with Gasteiger partial charge in [0.15, 0.2) is 0 Å². The van der Waals surface area contributed by atoms with Crippen LogP contribution in [0, 0.1) is 6.92 Å². The molecular weight excluding hydrogens is 416 g/mol. The maximum absolute atomic E-state index is 11.9. The van der Waals surface area contributed by atoms with Crippen LogP contribution in [-0.2, 0) is 4.74 Å². The lowest BCUT2D eigenvalue weighted by molar-refractivity contribution is 0.0526. The quantitative estimate of drug-likeness (QED) is 0.425. The molecule has 1 aromatic carbocycles. The van der Waals surface area contributed by atoms with E-state index in [2.05, 4.69) is 46.1 Å². The van der Waals surface area contributed by atoms with Crippen LogP contribution in [0.5, 0.6) is 5.88 Å². The first kappa shape index (κ1) is 22.3. The molecule has 0 aliphatic heterocycles. The lowest BCUT2D eigenvalue weighted by Crippen LogP contribution is -2.11. The van der Waals surface area contributed by atoms with Crippen molar-refractivity contribution in [2.75, 3.05) is 13.7 Å². The van der Waals surface area contributed by atoms with Crippen LogP contribution in [0.25, 0.3) is 17.0 Å². The normalized spacial score (nSPS) is 11.7. The predicted molar refractivity (Wildman–Crippen MR) is 120 cm³/mol. The van der Waals surface area contributed by atoms with Crippen LogP contribution in [0.4, 0.5) is 0 Å². The highest BCUT2D eigenvalue weighted by Crippen LogP contribution is 2.29. The molecule has 0 bridgehead atoms. The third kappa shape index (κ3) is 4.11. The highest BCUT2D eigenvalue weighted by atomic mass is 32.1. The van der Waals surface area contributed by atoms with E-state index in [9.17, 15) is 4.79 Å². The molecule has 0 N–H and O–H groups in total. The molecule has 4 rings (SSSR count). The van der Waals surface area contributed by atoms with Crippen LogP contribution in [0.2, 0.25) is 0 Å². The molecule has 0 amide bonds. The molecule has 0 spiro atoms. The van der Waals surface area contributed by atoms with Crippen molar-refractivity contribution in [2.45, 2.75) is 26.8 Å². The van der Waals surface area contributed by atoms with Gasteiger partial charge in [0.05, 0.1) is 37.7 Å². The Balaban J connectivity index is 0.00000272. The molecule has 0 aliphatic carbocycles. The van der Waals surface area contributed by atoms with Gasteiger partial charge in [-0.1, -0.05) is 24.3 Å². The molecule has 31 heavy (non-hydrogen) atoms. The second-order valence-electron chi connectivity index (χ2n) is 6.78. The highest BCUT2D eigenvalue weighted by Gasteiger charge is 2.21. The van der Waals surface area contributed by atoms with Crippen molar-refractivity contribution in [2.24, 2.45) is 0 Å². The Morgan fingerprint density at radius 3 is 2.65 bits per heavy atom. The molecule has 4 aromatic rings. The van der Waals surface area contributed by atoms with Gasteiger partial charge in [-0.15, -0.1) is 0 Å². The molecular formula is C21H24N6O3S. The first-order valence-corrected chi connectivity index (χ1v) is 9.60. The lowest BCUT2D eigenvalue weighted by Gasteiger charge is -2.17. The SMILES string of the molecule is CCOC(=O)c1cnn(-c2nc(OC)c3c(cnn3[C@@H](C)c3ccccc3C)n2)c1.S. The van der Waals surface area contributed by atoms with Gasteiger partial charge in [-0.25, -0.2) is 14.5 Å². The molecule has 0 saturated carbocycles. The minimum absolute atomic E-state index is 0. The van der Waals surface area contributed by atoms with Crippen molar-refractivity contribution in [1.82, 2.24) is 29.5 Å². The van der Waals surface area contributed by atoms with Gasteiger partial charge >= 0.3 is 5.97 Å². The fourth-order valence-electron chi connectivity index (χ4n) is 3.40. The molecule has 3 heterocycles. The molecule has 9 nitrogen and oxygen atoms in total. The fourth-order valence-corrected chi connectivity index (χ4v) is 3.40. The van der Waals surface area contributed by atoms with Gasteiger partial charge < -0.3 is 9.47 Å². The summed E-state index contributed by atoms with van der Waals surface area (Å²) in [7, 11) is 1.55. The summed E-state index contributed by atoms with van der Waals surface area (Å²) in [5.41, 5.74) is 3.96. The summed E-state index contributed by atoms with van der Waals surface area (Å²) in [4.78, 5) is 21.0. The van der Waals surface area contributed by atoms with E-state index in [1.54, 1.807) is 20.2 Å². The minimum Gasteiger partial charge on any atom is -0.479 e. The smallest absolute Gasteiger partial charge is 0.341 e. The molecule has 3 aromatic heterocycles. The van der Waals surface area contributed by atoms with Gasteiger partial charge in [-0.05, 0) is 31.9 Å². The number of carbonyl (C=O) groups is 1. The van der Waals surface area contributed by atoms with Crippen molar-refractivity contribution in [3.63, 3.8) is 0 Å². The van der Waals surface area contributed by atoms with Gasteiger partial charge in [-0.3, -0.25) is 4.68 Å². The largest absolute Gasteiger partial charge is 0.479 e. The third-order valence-electron chi connectivity index (χ3n) is 4.90. The first-order valence-electron chi connectivity index (χ1n) is 9.60. The number of methoxy groups -OCH3 is 1. The van der Waals surface area contributed by atoms with Crippen LogP contribution >= 0.6 is 13.5 Å². The minimum atomic E-state index is -0.448. The van der Waals surface area contributed by atoms with Crippen LogP contribution < -0.4 is 4.74 Å². The Kier molecular flexibility index (Phi) is 6.59. The summed E-state index contributed by atoms with van der Waals surface area (Å²) < 4.78 is 13.8. The Labute approximate surface area is 186 Å². The number of rotatable bonds is 6.